The second-order valence-electron chi connectivity index (χ2n) is 3.31. The van der Waals surface area contributed by atoms with Crippen molar-refractivity contribution in [1.82, 2.24) is 4.98 Å². The minimum absolute atomic E-state index is 0.590. The lowest BCUT2D eigenvalue weighted by Gasteiger charge is -2.01. The van der Waals surface area contributed by atoms with Gasteiger partial charge in [0.2, 0.25) is 0 Å². The molecule has 0 aliphatic rings. The summed E-state index contributed by atoms with van der Waals surface area (Å²) in [5.74, 6) is 0.590. The second-order valence-corrected chi connectivity index (χ2v) is 3.31. The molecule has 1 rings (SSSR count). The Morgan fingerprint density at radius 1 is 1.42 bits per heavy atom. The first-order valence-corrected chi connectivity index (χ1v) is 4.30. The Balaban J connectivity index is 2.85. The van der Waals surface area contributed by atoms with E-state index in [1.807, 2.05) is 24.4 Å². The van der Waals surface area contributed by atoms with E-state index in [0.29, 0.717) is 5.92 Å². The Hall–Kier alpha value is -1.11. The topological polar surface area (TPSA) is 12.9 Å². The molecule has 0 aromatic carbocycles. The lowest BCUT2D eigenvalue weighted by molar-refractivity contribution is 0.832. The summed E-state index contributed by atoms with van der Waals surface area (Å²) in [5, 5.41) is 0. The molecule has 0 spiro atoms. The van der Waals surface area contributed by atoms with Crippen LogP contribution in [-0.2, 0) is 0 Å². The van der Waals surface area contributed by atoms with Crippen molar-refractivity contribution in [3.8, 4) is 0 Å². The van der Waals surface area contributed by atoms with Crippen LogP contribution in [0, 0.1) is 5.92 Å². The zero-order valence-electron chi connectivity index (χ0n) is 7.91. The van der Waals surface area contributed by atoms with Gasteiger partial charge in [0.15, 0.2) is 0 Å². The van der Waals surface area contributed by atoms with Gasteiger partial charge in [-0.25, -0.2) is 0 Å². The normalized spacial score (nSPS) is 12.2. The summed E-state index contributed by atoms with van der Waals surface area (Å²) in [6.07, 6.45) is 4.05. The van der Waals surface area contributed by atoms with Gasteiger partial charge in [0, 0.05) is 6.20 Å². The number of allylic oxidation sites excluding steroid dienone is 2. The molecule has 0 saturated heterocycles. The Kier molecular flexibility index (Phi) is 3.03. The molecular weight excluding hydrogens is 146 g/mol. The molecule has 1 heterocycles. The smallest absolute Gasteiger partial charge is 0.0655 e. The molecular formula is C11H15N. The highest BCUT2D eigenvalue weighted by Gasteiger charge is 1.95. The third kappa shape index (κ3) is 2.50. The molecule has 64 valence electrons. The summed E-state index contributed by atoms with van der Waals surface area (Å²) >= 11 is 0. The maximum Gasteiger partial charge on any atom is 0.0655 e. The Morgan fingerprint density at radius 2 is 2.17 bits per heavy atom. The Morgan fingerprint density at radius 3 is 2.67 bits per heavy atom. The largest absolute Gasteiger partial charge is 0.257 e. The highest BCUT2D eigenvalue weighted by Crippen LogP contribution is 2.12. The fourth-order valence-corrected chi connectivity index (χ4v) is 1.18. The third-order valence-corrected chi connectivity index (χ3v) is 1.65. The molecule has 0 fully saturated rings. The van der Waals surface area contributed by atoms with Crippen molar-refractivity contribution < 1.29 is 0 Å². The summed E-state index contributed by atoms with van der Waals surface area (Å²) in [6.45, 7) is 6.45. The maximum absolute atomic E-state index is 4.26. The molecule has 0 saturated carbocycles. The highest BCUT2D eigenvalue weighted by molar-refractivity contribution is 5.60. The van der Waals surface area contributed by atoms with Gasteiger partial charge in [-0.05, 0) is 30.5 Å². The van der Waals surface area contributed by atoms with Gasteiger partial charge >= 0.3 is 0 Å². The molecule has 0 amide bonds. The SMILES string of the molecule is C/C(=C\C(C)C)c1ccccn1. The van der Waals surface area contributed by atoms with Crippen LogP contribution >= 0.6 is 0 Å². The van der Waals surface area contributed by atoms with Gasteiger partial charge in [-0.2, -0.15) is 0 Å². The zero-order valence-corrected chi connectivity index (χ0v) is 7.91. The van der Waals surface area contributed by atoms with E-state index in [4.69, 9.17) is 0 Å². The Labute approximate surface area is 74.2 Å². The number of nitrogens with zero attached hydrogens (tertiary/aromatic N) is 1. The van der Waals surface area contributed by atoms with Crippen LogP contribution in [0.25, 0.3) is 5.57 Å². The van der Waals surface area contributed by atoms with Crippen LogP contribution in [0.15, 0.2) is 30.5 Å². The molecule has 1 nitrogen and oxygen atoms in total. The molecule has 1 aromatic rings. The lowest BCUT2D eigenvalue weighted by Crippen LogP contribution is -1.87. The number of hydrogen-bond donors (Lipinski definition) is 0. The molecule has 0 atom stereocenters. The first-order valence-electron chi connectivity index (χ1n) is 4.30. The first-order chi connectivity index (χ1) is 5.70. The molecule has 0 aliphatic heterocycles. The van der Waals surface area contributed by atoms with Crippen LogP contribution in [0.1, 0.15) is 26.5 Å². The fourth-order valence-electron chi connectivity index (χ4n) is 1.18. The van der Waals surface area contributed by atoms with Crippen molar-refractivity contribution in [2.45, 2.75) is 20.8 Å². The molecule has 12 heavy (non-hydrogen) atoms. The quantitative estimate of drug-likeness (QED) is 0.649. The monoisotopic (exact) mass is 161 g/mol. The summed E-state index contributed by atoms with van der Waals surface area (Å²) in [4.78, 5) is 4.26. The van der Waals surface area contributed by atoms with Crippen molar-refractivity contribution in [3.63, 3.8) is 0 Å². The van der Waals surface area contributed by atoms with Crippen molar-refractivity contribution in [2.24, 2.45) is 5.92 Å². The summed E-state index contributed by atoms with van der Waals surface area (Å²) in [7, 11) is 0. The predicted molar refractivity (Wildman–Crippen MR) is 52.7 cm³/mol. The second kappa shape index (κ2) is 4.05. The Bertz CT molecular complexity index is 260. The summed E-state index contributed by atoms with van der Waals surface area (Å²) in [6, 6.07) is 5.99. The van der Waals surface area contributed by atoms with Crippen molar-refractivity contribution in [1.29, 1.82) is 0 Å². The van der Waals surface area contributed by atoms with E-state index < -0.39 is 0 Å². The summed E-state index contributed by atoms with van der Waals surface area (Å²) in [5.41, 5.74) is 2.33. The van der Waals surface area contributed by atoms with Gasteiger partial charge in [0.1, 0.15) is 0 Å². The number of hydrogen-bond acceptors (Lipinski definition) is 1. The van der Waals surface area contributed by atoms with Crippen LogP contribution < -0.4 is 0 Å². The van der Waals surface area contributed by atoms with Crippen LogP contribution in [0.3, 0.4) is 0 Å². The average molecular weight is 161 g/mol. The predicted octanol–water partition coefficient (Wildman–Crippen LogP) is 3.14. The van der Waals surface area contributed by atoms with Gasteiger partial charge in [0.05, 0.1) is 5.69 Å². The lowest BCUT2D eigenvalue weighted by atomic mass is 10.1. The molecule has 1 aromatic heterocycles. The minimum Gasteiger partial charge on any atom is -0.257 e. The van der Waals surface area contributed by atoms with E-state index in [9.17, 15) is 0 Å². The van der Waals surface area contributed by atoms with Gasteiger partial charge < -0.3 is 0 Å². The fraction of sp³-hybridized carbons (Fsp3) is 0.364. The van der Waals surface area contributed by atoms with E-state index in [0.717, 1.165) is 5.69 Å². The molecule has 0 bridgehead atoms. The highest BCUT2D eigenvalue weighted by atomic mass is 14.7. The van der Waals surface area contributed by atoms with E-state index >= 15 is 0 Å². The van der Waals surface area contributed by atoms with E-state index in [1.54, 1.807) is 0 Å². The number of rotatable bonds is 2. The van der Waals surface area contributed by atoms with Crippen LogP contribution in [0.4, 0.5) is 0 Å². The standard InChI is InChI=1S/C11H15N/c1-9(2)8-10(3)11-6-4-5-7-12-11/h4-9H,1-3H3/b10-8+. The molecule has 0 N–H and O–H groups in total. The molecule has 0 unspecified atom stereocenters. The number of pyridine rings is 1. The molecule has 1 heteroatoms. The van der Waals surface area contributed by atoms with Crippen molar-refractivity contribution in [2.75, 3.05) is 0 Å². The van der Waals surface area contributed by atoms with Crippen LogP contribution in [0.2, 0.25) is 0 Å². The van der Waals surface area contributed by atoms with Gasteiger partial charge in [0.25, 0.3) is 0 Å². The number of aromatic nitrogens is 1. The van der Waals surface area contributed by atoms with E-state index in [1.165, 1.54) is 5.57 Å². The van der Waals surface area contributed by atoms with E-state index in [2.05, 4.69) is 31.8 Å². The van der Waals surface area contributed by atoms with Gasteiger partial charge in [-0.3, -0.25) is 4.98 Å². The van der Waals surface area contributed by atoms with Crippen molar-refractivity contribution in [3.05, 3.63) is 36.2 Å². The molecule has 0 aliphatic carbocycles. The maximum atomic E-state index is 4.26. The van der Waals surface area contributed by atoms with E-state index in [-0.39, 0.29) is 0 Å². The van der Waals surface area contributed by atoms with Crippen LogP contribution in [0.5, 0.6) is 0 Å². The van der Waals surface area contributed by atoms with Crippen LogP contribution in [-0.4, -0.2) is 4.98 Å². The minimum atomic E-state index is 0.590. The molecule has 0 radical (unpaired) electrons. The third-order valence-electron chi connectivity index (χ3n) is 1.65. The summed E-state index contributed by atoms with van der Waals surface area (Å²) < 4.78 is 0. The van der Waals surface area contributed by atoms with Gasteiger partial charge in [-0.1, -0.05) is 26.0 Å². The van der Waals surface area contributed by atoms with Gasteiger partial charge in [-0.15, -0.1) is 0 Å². The first kappa shape index (κ1) is 8.98. The van der Waals surface area contributed by atoms with Crippen molar-refractivity contribution >= 4 is 5.57 Å². The average Bonchev–Trinajstić information content (AvgIpc) is 2.05. The zero-order chi connectivity index (χ0) is 8.97.